The van der Waals surface area contributed by atoms with E-state index >= 15 is 0 Å². The quantitative estimate of drug-likeness (QED) is 0.727. The fourth-order valence-corrected chi connectivity index (χ4v) is 2.14. The number of rotatable bonds is 2. The monoisotopic (exact) mass is 196 g/mol. The third kappa shape index (κ3) is 2.47. The molecule has 2 heterocycles. The molecule has 1 saturated heterocycles. The Morgan fingerprint density at radius 1 is 1.50 bits per heavy atom. The Labute approximate surface area is 85.9 Å². The average Bonchev–Trinajstić information content (AvgIpc) is 2.72. The number of nitrogens with zero attached hydrogens (tertiary/aromatic N) is 1. The molecule has 2 atom stereocenters. The van der Waals surface area contributed by atoms with Crippen LogP contribution in [0.15, 0.2) is 4.99 Å². The van der Waals surface area contributed by atoms with Crippen molar-refractivity contribution in [1.29, 1.82) is 0 Å². The highest BCUT2D eigenvalue weighted by atomic mass is 16.5. The number of hydrogen-bond donors (Lipinski definition) is 1. The number of hydrogen-bond acceptors (Lipinski definition) is 3. The second-order valence-corrected chi connectivity index (χ2v) is 4.34. The molecule has 2 rings (SSSR count). The van der Waals surface area contributed by atoms with E-state index in [1.54, 1.807) is 0 Å². The summed E-state index contributed by atoms with van der Waals surface area (Å²) in [6.45, 7) is 5.11. The Bertz CT molecular complexity index is 209. The molecule has 2 unspecified atom stereocenters. The zero-order valence-corrected chi connectivity index (χ0v) is 8.96. The molecule has 0 aromatic carbocycles. The topological polar surface area (TPSA) is 33.6 Å². The maximum atomic E-state index is 5.39. The molecule has 0 saturated carbocycles. The van der Waals surface area contributed by atoms with Gasteiger partial charge in [-0.3, -0.25) is 4.99 Å². The van der Waals surface area contributed by atoms with E-state index in [0.29, 0.717) is 12.0 Å². The molecule has 2 aliphatic rings. The zero-order valence-electron chi connectivity index (χ0n) is 8.96. The van der Waals surface area contributed by atoms with Gasteiger partial charge in [0.25, 0.3) is 0 Å². The first kappa shape index (κ1) is 9.97. The zero-order chi connectivity index (χ0) is 9.80. The van der Waals surface area contributed by atoms with Crippen molar-refractivity contribution in [3.63, 3.8) is 0 Å². The summed E-state index contributed by atoms with van der Waals surface area (Å²) in [4.78, 5) is 4.51. The fourth-order valence-electron chi connectivity index (χ4n) is 2.14. The third-order valence-electron chi connectivity index (χ3n) is 3.19. The van der Waals surface area contributed by atoms with Crippen LogP contribution in [0.2, 0.25) is 0 Å². The second-order valence-electron chi connectivity index (χ2n) is 4.34. The van der Waals surface area contributed by atoms with E-state index in [2.05, 4.69) is 17.2 Å². The van der Waals surface area contributed by atoms with Gasteiger partial charge in [-0.15, -0.1) is 0 Å². The largest absolute Gasteiger partial charge is 0.381 e. The molecular formula is C11H20N2O. The molecule has 1 fully saturated rings. The van der Waals surface area contributed by atoms with E-state index in [0.717, 1.165) is 26.2 Å². The van der Waals surface area contributed by atoms with E-state index in [-0.39, 0.29) is 0 Å². The van der Waals surface area contributed by atoms with Crippen molar-refractivity contribution in [1.82, 2.24) is 5.32 Å². The molecule has 0 aromatic rings. The van der Waals surface area contributed by atoms with Gasteiger partial charge < -0.3 is 10.1 Å². The third-order valence-corrected chi connectivity index (χ3v) is 3.19. The molecule has 0 bridgehead atoms. The van der Waals surface area contributed by atoms with Gasteiger partial charge in [-0.2, -0.15) is 0 Å². The highest BCUT2D eigenvalue weighted by molar-refractivity contribution is 5.82. The molecule has 0 aliphatic carbocycles. The van der Waals surface area contributed by atoms with Crippen molar-refractivity contribution in [2.24, 2.45) is 10.9 Å². The van der Waals surface area contributed by atoms with Crippen molar-refractivity contribution in [3.05, 3.63) is 0 Å². The van der Waals surface area contributed by atoms with Gasteiger partial charge in [0.1, 0.15) is 0 Å². The lowest BCUT2D eigenvalue weighted by Crippen LogP contribution is -2.39. The van der Waals surface area contributed by atoms with Gasteiger partial charge in [-0.1, -0.05) is 0 Å². The first-order chi connectivity index (χ1) is 6.86. The van der Waals surface area contributed by atoms with Crippen LogP contribution < -0.4 is 5.32 Å². The van der Waals surface area contributed by atoms with Crippen LogP contribution in [0.4, 0.5) is 0 Å². The molecule has 80 valence electrons. The van der Waals surface area contributed by atoms with E-state index in [9.17, 15) is 0 Å². The van der Waals surface area contributed by atoms with Gasteiger partial charge in [-0.25, -0.2) is 0 Å². The van der Waals surface area contributed by atoms with Gasteiger partial charge in [0.05, 0.1) is 12.4 Å². The lowest BCUT2D eigenvalue weighted by atomic mass is 10.0. The maximum absolute atomic E-state index is 5.39. The van der Waals surface area contributed by atoms with Crippen molar-refractivity contribution < 1.29 is 4.74 Å². The highest BCUT2D eigenvalue weighted by Crippen LogP contribution is 2.17. The standard InChI is InChI=1S/C11H20N2O/c1-9(10-5-7-14-8-10)13-11-4-2-3-6-12-11/h9-10H,2-8H2,1H3,(H,12,13). The van der Waals surface area contributed by atoms with E-state index < -0.39 is 0 Å². The molecule has 3 nitrogen and oxygen atoms in total. The van der Waals surface area contributed by atoms with Gasteiger partial charge >= 0.3 is 0 Å². The predicted molar refractivity (Wildman–Crippen MR) is 57.7 cm³/mol. The van der Waals surface area contributed by atoms with Gasteiger partial charge in [0.2, 0.25) is 0 Å². The van der Waals surface area contributed by atoms with Gasteiger partial charge in [0.15, 0.2) is 0 Å². The second kappa shape index (κ2) is 4.78. The van der Waals surface area contributed by atoms with Crippen LogP contribution in [-0.2, 0) is 4.74 Å². The summed E-state index contributed by atoms with van der Waals surface area (Å²) in [5.41, 5.74) is 0. The lowest BCUT2D eigenvalue weighted by molar-refractivity contribution is 0.180. The molecule has 0 spiro atoms. The summed E-state index contributed by atoms with van der Waals surface area (Å²) < 4.78 is 5.39. The van der Waals surface area contributed by atoms with Gasteiger partial charge in [-0.05, 0) is 26.2 Å². The van der Waals surface area contributed by atoms with Crippen LogP contribution in [0.25, 0.3) is 0 Å². The van der Waals surface area contributed by atoms with Crippen molar-refractivity contribution in [2.45, 2.75) is 38.6 Å². The van der Waals surface area contributed by atoms with Crippen LogP contribution in [-0.4, -0.2) is 31.6 Å². The predicted octanol–water partition coefficient (Wildman–Crippen LogP) is 1.58. The Morgan fingerprint density at radius 3 is 3.07 bits per heavy atom. The molecule has 0 radical (unpaired) electrons. The minimum Gasteiger partial charge on any atom is -0.381 e. The summed E-state index contributed by atoms with van der Waals surface area (Å²) in [7, 11) is 0. The molecule has 14 heavy (non-hydrogen) atoms. The Morgan fingerprint density at radius 2 is 2.43 bits per heavy atom. The van der Waals surface area contributed by atoms with Crippen molar-refractivity contribution >= 4 is 5.84 Å². The van der Waals surface area contributed by atoms with E-state index in [4.69, 9.17) is 4.74 Å². The molecular weight excluding hydrogens is 176 g/mol. The smallest absolute Gasteiger partial charge is 0.0965 e. The molecule has 2 aliphatic heterocycles. The molecule has 0 aromatic heterocycles. The Hall–Kier alpha value is -0.570. The number of nitrogens with one attached hydrogen (secondary N) is 1. The normalized spacial score (nSPS) is 29.8. The van der Waals surface area contributed by atoms with Crippen LogP contribution in [0.5, 0.6) is 0 Å². The fraction of sp³-hybridized carbons (Fsp3) is 0.909. The summed E-state index contributed by atoms with van der Waals surface area (Å²) in [6, 6.07) is 0.523. The number of aliphatic imine (C=N–C) groups is 1. The summed E-state index contributed by atoms with van der Waals surface area (Å²) in [5, 5.41) is 3.53. The highest BCUT2D eigenvalue weighted by Gasteiger charge is 2.23. The van der Waals surface area contributed by atoms with Crippen molar-refractivity contribution in [3.8, 4) is 0 Å². The minimum atomic E-state index is 0.523. The molecule has 1 N–H and O–H groups in total. The van der Waals surface area contributed by atoms with Crippen LogP contribution in [0.1, 0.15) is 32.6 Å². The SMILES string of the molecule is CC(NC1=NCCCC1)C1CCOC1. The molecule has 3 heteroatoms. The molecule has 0 amide bonds. The minimum absolute atomic E-state index is 0.523. The first-order valence-electron chi connectivity index (χ1n) is 5.74. The van der Waals surface area contributed by atoms with Crippen LogP contribution in [0, 0.1) is 5.92 Å². The average molecular weight is 196 g/mol. The van der Waals surface area contributed by atoms with Crippen LogP contribution in [0.3, 0.4) is 0 Å². The Balaban J connectivity index is 1.80. The van der Waals surface area contributed by atoms with E-state index in [1.165, 1.54) is 25.1 Å². The first-order valence-corrected chi connectivity index (χ1v) is 5.74. The lowest BCUT2D eigenvalue weighted by Gasteiger charge is -2.23. The Kier molecular flexibility index (Phi) is 3.40. The summed E-state index contributed by atoms with van der Waals surface area (Å²) in [5.74, 6) is 1.90. The van der Waals surface area contributed by atoms with Gasteiger partial charge in [0, 0.05) is 31.5 Å². The van der Waals surface area contributed by atoms with Crippen molar-refractivity contribution in [2.75, 3.05) is 19.8 Å². The number of amidine groups is 1. The van der Waals surface area contributed by atoms with Crippen LogP contribution >= 0.6 is 0 Å². The number of ether oxygens (including phenoxy) is 1. The van der Waals surface area contributed by atoms with E-state index in [1.807, 2.05) is 0 Å². The summed E-state index contributed by atoms with van der Waals surface area (Å²) in [6.07, 6.45) is 4.88. The summed E-state index contributed by atoms with van der Waals surface area (Å²) >= 11 is 0. The maximum Gasteiger partial charge on any atom is 0.0965 e.